The molecule has 40 heavy (non-hydrogen) atoms. The monoisotopic (exact) mass is 629 g/mol. The normalized spacial score (nSPS) is 20.6. The van der Waals surface area contributed by atoms with Crippen molar-refractivity contribution in [3.05, 3.63) is 63.4 Å². The van der Waals surface area contributed by atoms with Crippen LogP contribution < -0.4 is 20.1 Å². The first-order valence-electron chi connectivity index (χ1n) is 14.4. The molecule has 0 heterocycles. The van der Waals surface area contributed by atoms with E-state index in [2.05, 4.69) is 88.3 Å². The van der Waals surface area contributed by atoms with Crippen LogP contribution in [0.1, 0.15) is 65.7 Å². The fraction of sp³-hybridized carbons (Fsp3) is 0.588. The maximum Gasteiger partial charge on any atom is 2.00 e. The first kappa shape index (κ1) is 39.4. The molecule has 4 atom stereocenters. The average Bonchev–Trinajstić information content (AvgIpc) is 3.64. The van der Waals surface area contributed by atoms with E-state index in [1.807, 2.05) is 14.2 Å². The molecule has 2 aromatic carbocycles. The predicted molar refractivity (Wildman–Crippen MR) is 180 cm³/mol. The average molecular weight is 630 g/mol. The van der Waals surface area contributed by atoms with Crippen LogP contribution >= 0.6 is 15.8 Å². The number of hydrogen-bond acceptors (Lipinski definition) is 3. The van der Waals surface area contributed by atoms with Crippen LogP contribution in [0.3, 0.4) is 0 Å². The SMILES string of the molecule is C1CCCC1.CCP(CC)C1C([C@@H](C)N(C)C)CCC1P(c1ccccc1OC)c1ccccc1OC.[CH3-].[CH3-].[Fe+2]. The van der Waals surface area contributed by atoms with Crippen LogP contribution in [-0.4, -0.2) is 62.9 Å². The first-order valence-corrected chi connectivity index (χ1v) is 17.6. The summed E-state index contributed by atoms with van der Waals surface area (Å²) in [4.78, 5) is 2.44. The summed E-state index contributed by atoms with van der Waals surface area (Å²) in [6, 6.07) is 18.0. The van der Waals surface area contributed by atoms with Crippen molar-refractivity contribution in [3.63, 3.8) is 0 Å². The van der Waals surface area contributed by atoms with Gasteiger partial charge in [-0.1, -0.05) is 82.3 Å². The maximum absolute atomic E-state index is 5.91. The maximum atomic E-state index is 5.91. The Bertz CT molecular complexity index is 881. The van der Waals surface area contributed by atoms with E-state index in [-0.39, 0.29) is 39.8 Å². The Morgan fingerprint density at radius 2 is 1.20 bits per heavy atom. The Balaban J connectivity index is 0.00000171. The zero-order valence-corrected chi connectivity index (χ0v) is 29.7. The number of ether oxygens (including phenoxy) is 2. The van der Waals surface area contributed by atoms with Crippen molar-refractivity contribution < 1.29 is 26.5 Å². The van der Waals surface area contributed by atoms with Gasteiger partial charge in [0.05, 0.1) is 14.2 Å². The van der Waals surface area contributed by atoms with Gasteiger partial charge in [0, 0.05) is 16.7 Å². The van der Waals surface area contributed by atoms with Crippen molar-refractivity contribution in [1.82, 2.24) is 4.90 Å². The number of methoxy groups -OCH3 is 2. The molecular weight excluding hydrogens is 572 g/mol. The van der Waals surface area contributed by atoms with Gasteiger partial charge in [0.2, 0.25) is 0 Å². The molecule has 3 nitrogen and oxygen atoms in total. The second kappa shape index (κ2) is 20.3. The van der Waals surface area contributed by atoms with Crippen molar-refractivity contribution in [3.8, 4) is 11.5 Å². The van der Waals surface area contributed by atoms with E-state index in [0.29, 0.717) is 11.7 Å². The van der Waals surface area contributed by atoms with Gasteiger partial charge >= 0.3 is 17.1 Å². The molecule has 0 spiro atoms. The molecule has 0 radical (unpaired) electrons. The van der Waals surface area contributed by atoms with Crippen LogP contribution in [0.25, 0.3) is 0 Å². The Kier molecular flexibility index (Phi) is 20.0. The zero-order chi connectivity index (χ0) is 26.8. The topological polar surface area (TPSA) is 21.7 Å². The van der Waals surface area contributed by atoms with Crippen molar-refractivity contribution >= 4 is 26.5 Å². The van der Waals surface area contributed by atoms with Crippen molar-refractivity contribution in [1.29, 1.82) is 0 Å². The molecule has 0 aromatic heterocycles. The van der Waals surface area contributed by atoms with E-state index < -0.39 is 7.92 Å². The molecule has 0 saturated heterocycles. The summed E-state index contributed by atoms with van der Waals surface area (Å²) < 4.78 is 11.8. The largest absolute Gasteiger partial charge is 2.00 e. The summed E-state index contributed by atoms with van der Waals surface area (Å²) in [5.74, 6) is 2.78. The molecule has 2 fully saturated rings. The molecule has 0 bridgehead atoms. The second-order valence-corrected chi connectivity index (χ2v) is 16.1. The van der Waals surface area contributed by atoms with Crippen molar-refractivity contribution in [2.24, 2.45) is 5.92 Å². The molecule has 2 saturated carbocycles. The Hall–Kier alpha value is -0.621. The molecular formula is C34H57FeNO2P2. The minimum Gasteiger partial charge on any atom is -0.496 e. The summed E-state index contributed by atoms with van der Waals surface area (Å²) >= 11 is 0. The van der Waals surface area contributed by atoms with Crippen LogP contribution in [0.15, 0.2) is 48.5 Å². The standard InChI is InChI=1S/C27H41NO2P2.C5H10.2CH3.Fe/c1-8-31(9-2)27-21(20(3)28(4)5)18-19-26(27)32(24-16-12-10-14-22(24)29-6)25-17-13-11-15-23(25)30-7;1-2-4-5-3-1;;;/h10-17,20-21,26-27H,8-9,18-19H2,1-7H3;1-5H2;2*1H3;/q;;2*-1;+2/t20-,21?,26?,27?;;;;/m1..../s1. The van der Waals surface area contributed by atoms with E-state index in [0.717, 1.165) is 23.1 Å². The van der Waals surface area contributed by atoms with E-state index in [4.69, 9.17) is 9.47 Å². The van der Waals surface area contributed by atoms with E-state index in [1.165, 1.54) is 67.9 Å². The van der Waals surface area contributed by atoms with Crippen LogP contribution in [0.4, 0.5) is 0 Å². The number of benzene rings is 2. The number of nitrogens with zero attached hydrogens (tertiary/aromatic N) is 1. The molecule has 4 rings (SSSR count). The third-order valence-corrected chi connectivity index (χ3v) is 15.0. The third kappa shape index (κ3) is 9.71. The number of rotatable bonds is 10. The van der Waals surface area contributed by atoms with E-state index >= 15 is 0 Å². The molecule has 2 aliphatic rings. The number of hydrogen-bond donors (Lipinski definition) is 0. The van der Waals surface area contributed by atoms with Gasteiger partial charge < -0.3 is 29.2 Å². The number of para-hydroxylation sites is 2. The van der Waals surface area contributed by atoms with Gasteiger partial charge in [0.25, 0.3) is 0 Å². The molecule has 228 valence electrons. The van der Waals surface area contributed by atoms with Gasteiger partial charge in [-0.15, -0.1) is 7.92 Å². The molecule has 3 unspecified atom stereocenters. The van der Waals surface area contributed by atoms with Gasteiger partial charge in [-0.2, -0.15) is 0 Å². The van der Waals surface area contributed by atoms with Crippen LogP contribution in [0, 0.1) is 20.8 Å². The summed E-state index contributed by atoms with van der Waals surface area (Å²) in [6.45, 7) is 7.26. The van der Waals surface area contributed by atoms with Gasteiger partial charge in [0.15, 0.2) is 0 Å². The molecule has 6 heteroatoms. The van der Waals surface area contributed by atoms with Gasteiger partial charge in [0.1, 0.15) is 11.5 Å². The summed E-state index contributed by atoms with van der Waals surface area (Å²) in [7, 11) is 7.48. The fourth-order valence-electron chi connectivity index (χ4n) is 6.37. The molecule has 0 N–H and O–H groups in total. The Labute approximate surface area is 261 Å². The minimum absolute atomic E-state index is 0. The molecule has 2 aliphatic carbocycles. The molecule has 0 amide bonds. The fourth-order valence-corrected chi connectivity index (χ4v) is 13.4. The Morgan fingerprint density at radius 1 is 0.775 bits per heavy atom. The van der Waals surface area contributed by atoms with E-state index in [1.54, 1.807) is 0 Å². The smallest absolute Gasteiger partial charge is 0.496 e. The van der Waals surface area contributed by atoms with Gasteiger partial charge in [-0.05, 0) is 83.5 Å². The van der Waals surface area contributed by atoms with Crippen LogP contribution in [0.2, 0.25) is 0 Å². The van der Waals surface area contributed by atoms with E-state index in [9.17, 15) is 0 Å². The predicted octanol–water partition coefficient (Wildman–Crippen LogP) is 8.60. The summed E-state index contributed by atoms with van der Waals surface area (Å²) in [5, 5.41) is 2.73. The minimum atomic E-state index is -0.611. The quantitative estimate of drug-likeness (QED) is 0.149. The van der Waals surface area contributed by atoms with Crippen LogP contribution in [-0.2, 0) is 17.1 Å². The third-order valence-electron chi connectivity index (χ3n) is 8.57. The van der Waals surface area contributed by atoms with Gasteiger partial charge in [-0.25, -0.2) is 0 Å². The molecule has 0 aliphatic heterocycles. The summed E-state index contributed by atoms with van der Waals surface area (Å²) in [5.41, 5.74) is 1.41. The van der Waals surface area contributed by atoms with Crippen LogP contribution in [0.5, 0.6) is 11.5 Å². The summed E-state index contributed by atoms with van der Waals surface area (Å²) in [6.07, 6.45) is 12.7. The van der Waals surface area contributed by atoms with Crippen molar-refractivity contribution in [2.45, 2.75) is 83.1 Å². The molecule has 2 aromatic rings. The first-order chi connectivity index (χ1) is 18.0. The Morgan fingerprint density at radius 3 is 1.57 bits per heavy atom. The van der Waals surface area contributed by atoms with Gasteiger partial charge in [-0.3, -0.25) is 0 Å². The second-order valence-electron chi connectivity index (χ2n) is 10.7. The van der Waals surface area contributed by atoms with Crippen molar-refractivity contribution in [2.75, 3.05) is 40.6 Å². The zero-order valence-electron chi connectivity index (χ0n) is 26.8.